The topological polar surface area (TPSA) is 92.7 Å². The molecule has 0 spiro atoms. The normalized spacial score (nSPS) is 12.9. The number of fused-ring (bicyclic) bond motifs is 1. The number of hydrogen-bond acceptors (Lipinski definition) is 6. The number of anilines is 1. The number of benzene rings is 1. The molecule has 1 aromatic heterocycles. The van der Waals surface area contributed by atoms with Gasteiger partial charge in [-0.25, -0.2) is 9.97 Å². The van der Waals surface area contributed by atoms with E-state index in [0.717, 1.165) is 35.7 Å². The van der Waals surface area contributed by atoms with Crippen molar-refractivity contribution in [2.24, 2.45) is 4.99 Å². The predicted octanol–water partition coefficient (Wildman–Crippen LogP) is 2.66. The number of ether oxygens (including phenoxy) is 2. The van der Waals surface area contributed by atoms with Crippen LogP contribution in [0.2, 0.25) is 0 Å². The fourth-order valence-corrected chi connectivity index (χ4v) is 2.60. The molecule has 0 aliphatic carbocycles. The van der Waals surface area contributed by atoms with E-state index in [2.05, 4.69) is 30.9 Å². The molecule has 0 bridgehead atoms. The van der Waals surface area contributed by atoms with Crippen molar-refractivity contribution in [3.8, 4) is 11.5 Å². The average Bonchev–Trinajstić information content (AvgIpc) is 3.17. The summed E-state index contributed by atoms with van der Waals surface area (Å²) in [7, 11) is 1.64. The largest absolute Gasteiger partial charge is 0.454 e. The second-order valence-corrected chi connectivity index (χ2v) is 6.05. The number of nitrogens with one attached hydrogen (secondary N) is 3. The summed E-state index contributed by atoms with van der Waals surface area (Å²) in [6.45, 7) is 1.63. The molecule has 12 heteroatoms. The van der Waals surface area contributed by atoms with Gasteiger partial charge < -0.3 is 25.4 Å². The second kappa shape index (κ2) is 11.0. The fraction of sp³-hybridized carbons (Fsp3) is 0.389. The minimum atomic E-state index is -4.50. The van der Waals surface area contributed by atoms with E-state index in [1.807, 2.05) is 18.2 Å². The van der Waals surface area contributed by atoms with E-state index in [1.54, 1.807) is 7.05 Å². The van der Waals surface area contributed by atoms with Crippen LogP contribution in [0, 0.1) is 0 Å². The number of halogens is 4. The van der Waals surface area contributed by atoms with Crippen LogP contribution in [0.15, 0.2) is 35.5 Å². The van der Waals surface area contributed by atoms with Gasteiger partial charge in [0.05, 0.1) is 0 Å². The number of hydrogen-bond donors (Lipinski definition) is 3. The molecule has 1 aromatic carbocycles. The lowest BCUT2D eigenvalue weighted by Crippen LogP contribution is -2.40. The van der Waals surface area contributed by atoms with Crippen LogP contribution >= 0.6 is 24.0 Å². The Morgan fingerprint density at radius 2 is 1.87 bits per heavy atom. The molecule has 8 nitrogen and oxygen atoms in total. The van der Waals surface area contributed by atoms with Crippen LogP contribution in [0.4, 0.5) is 19.1 Å². The van der Waals surface area contributed by atoms with Gasteiger partial charge in [0.15, 0.2) is 17.5 Å². The third kappa shape index (κ3) is 6.78. The Kier molecular flexibility index (Phi) is 8.74. The molecule has 30 heavy (non-hydrogen) atoms. The molecule has 0 atom stereocenters. The summed E-state index contributed by atoms with van der Waals surface area (Å²) >= 11 is 0. The van der Waals surface area contributed by atoms with Gasteiger partial charge in [-0.3, -0.25) is 4.99 Å². The second-order valence-electron chi connectivity index (χ2n) is 6.05. The molecular weight excluding hydrogens is 516 g/mol. The molecule has 1 aliphatic rings. The third-order valence-corrected chi connectivity index (χ3v) is 4.01. The number of alkyl halides is 3. The van der Waals surface area contributed by atoms with E-state index in [9.17, 15) is 13.2 Å². The maximum atomic E-state index is 12.6. The Hall–Kier alpha value is -2.51. The molecule has 1 aliphatic heterocycles. The molecule has 2 aromatic rings. The molecule has 0 unspecified atom stereocenters. The highest BCUT2D eigenvalue weighted by atomic mass is 127. The summed E-state index contributed by atoms with van der Waals surface area (Å²) in [5.74, 6) is 1.99. The zero-order valence-electron chi connectivity index (χ0n) is 16.1. The molecule has 0 radical (unpaired) electrons. The van der Waals surface area contributed by atoms with E-state index >= 15 is 0 Å². The number of rotatable bonds is 7. The van der Waals surface area contributed by atoms with Gasteiger partial charge in [-0.1, -0.05) is 6.07 Å². The maximum absolute atomic E-state index is 12.6. The molecule has 0 fully saturated rings. The van der Waals surface area contributed by atoms with E-state index in [1.165, 1.54) is 0 Å². The van der Waals surface area contributed by atoms with E-state index in [0.29, 0.717) is 25.6 Å². The van der Waals surface area contributed by atoms with Gasteiger partial charge in [-0.05, 0) is 30.2 Å². The monoisotopic (exact) mass is 538 g/mol. The van der Waals surface area contributed by atoms with Gasteiger partial charge in [-0.15, -0.1) is 24.0 Å². The number of aliphatic imine (C=N–C) groups is 1. The average molecular weight is 538 g/mol. The quantitative estimate of drug-likeness (QED) is 0.216. The summed E-state index contributed by atoms with van der Waals surface area (Å²) in [5, 5.41) is 8.99. The third-order valence-electron chi connectivity index (χ3n) is 4.01. The van der Waals surface area contributed by atoms with Crippen molar-refractivity contribution in [1.82, 2.24) is 20.6 Å². The molecule has 0 amide bonds. The molecule has 0 saturated heterocycles. The Morgan fingerprint density at radius 3 is 2.63 bits per heavy atom. The summed E-state index contributed by atoms with van der Waals surface area (Å²) in [5.41, 5.74) is 0.115. The van der Waals surface area contributed by atoms with Crippen LogP contribution in [0.5, 0.6) is 11.5 Å². The van der Waals surface area contributed by atoms with Crippen molar-refractivity contribution in [1.29, 1.82) is 0 Å². The zero-order valence-corrected chi connectivity index (χ0v) is 18.5. The van der Waals surface area contributed by atoms with Crippen LogP contribution in [-0.2, 0) is 12.6 Å². The van der Waals surface area contributed by atoms with Gasteiger partial charge in [0.1, 0.15) is 5.69 Å². The van der Waals surface area contributed by atoms with Crippen LogP contribution in [0.3, 0.4) is 0 Å². The van der Waals surface area contributed by atoms with Crippen molar-refractivity contribution >= 4 is 35.9 Å². The predicted molar refractivity (Wildman–Crippen MR) is 117 cm³/mol. The smallest absolute Gasteiger partial charge is 0.433 e. The minimum Gasteiger partial charge on any atom is -0.454 e. The highest BCUT2D eigenvalue weighted by Gasteiger charge is 2.32. The lowest BCUT2D eigenvalue weighted by Gasteiger charge is -2.13. The zero-order chi connectivity index (χ0) is 20.7. The van der Waals surface area contributed by atoms with Gasteiger partial charge in [0.25, 0.3) is 0 Å². The standard InChI is InChI=1S/C18H21F3N6O2.HI/c1-22-16(23-6-4-12-2-3-13-14(10-12)29-11-28-13)25-8-9-26-17-24-7-5-15(27-17)18(19,20)21;/h2-3,5,7,10H,4,6,8-9,11H2,1H3,(H2,22,23,25)(H,24,26,27);1H. The highest BCUT2D eigenvalue weighted by molar-refractivity contribution is 14.0. The Bertz CT molecular complexity index is 866. The summed E-state index contributed by atoms with van der Waals surface area (Å²) in [6, 6.07) is 6.63. The van der Waals surface area contributed by atoms with Gasteiger partial charge in [0.2, 0.25) is 12.7 Å². The first-order chi connectivity index (χ1) is 14.0. The molecule has 3 N–H and O–H groups in total. The fourth-order valence-electron chi connectivity index (χ4n) is 2.60. The minimum absolute atomic E-state index is 0. The van der Waals surface area contributed by atoms with E-state index in [-0.39, 0.29) is 36.7 Å². The summed E-state index contributed by atoms with van der Waals surface area (Å²) in [4.78, 5) is 11.3. The van der Waals surface area contributed by atoms with Crippen LogP contribution in [0.25, 0.3) is 0 Å². The summed E-state index contributed by atoms with van der Waals surface area (Å²) < 4.78 is 48.6. The van der Waals surface area contributed by atoms with Crippen molar-refractivity contribution < 1.29 is 22.6 Å². The number of aromatic nitrogens is 2. The van der Waals surface area contributed by atoms with E-state index in [4.69, 9.17) is 9.47 Å². The molecule has 2 heterocycles. The van der Waals surface area contributed by atoms with Crippen molar-refractivity contribution in [2.45, 2.75) is 12.6 Å². The number of guanidine groups is 1. The lowest BCUT2D eigenvalue weighted by molar-refractivity contribution is -0.141. The van der Waals surface area contributed by atoms with Crippen LogP contribution in [-0.4, -0.2) is 49.4 Å². The summed E-state index contributed by atoms with van der Waals surface area (Å²) in [6.07, 6.45) is -2.67. The highest BCUT2D eigenvalue weighted by Crippen LogP contribution is 2.32. The van der Waals surface area contributed by atoms with Crippen molar-refractivity contribution in [2.75, 3.05) is 38.8 Å². The van der Waals surface area contributed by atoms with E-state index < -0.39 is 11.9 Å². The Balaban J connectivity index is 0.00000320. The molecule has 3 rings (SSSR count). The van der Waals surface area contributed by atoms with Crippen LogP contribution in [0.1, 0.15) is 11.3 Å². The first-order valence-electron chi connectivity index (χ1n) is 8.93. The SMILES string of the molecule is CN=C(NCCNc1nccc(C(F)(F)F)n1)NCCc1ccc2c(c1)OCO2.I. The first-order valence-corrected chi connectivity index (χ1v) is 8.93. The van der Waals surface area contributed by atoms with Gasteiger partial charge in [-0.2, -0.15) is 13.2 Å². The molecule has 164 valence electrons. The van der Waals surface area contributed by atoms with Crippen LogP contribution < -0.4 is 25.4 Å². The lowest BCUT2D eigenvalue weighted by atomic mass is 10.1. The number of nitrogens with zero attached hydrogens (tertiary/aromatic N) is 3. The van der Waals surface area contributed by atoms with Crippen molar-refractivity contribution in [3.63, 3.8) is 0 Å². The first kappa shape index (κ1) is 23.8. The van der Waals surface area contributed by atoms with Crippen molar-refractivity contribution in [3.05, 3.63) is 41.7 Å². The van der Waals surface area contributed by atoms with Gasteiger partial charge in [0, 0.05) is 32.9 Å². The van der Waals surface area contributed by atoms with Gasteiger partial charge >= 0.3 is 6.18 Å². The molecular formula is C18H22F3IN6O2. The Labute approximate surface area is 188 Å². The molecule has 0 saturated carbocycles. The maximum Gasteiger partial charge on any atom is 0.433 e. The Morgan fingerprint density at radius 1 is 1.10 bits per heavy atom.